The van der Waals surface area contributed by atoms with Crippen LogP contribution in [0.25, 0.3) is 0 Å². The van der Waals surface area contributed by atoms with Crippen LogP contribution in [0.1, 0.15) is 31.2 Å². The van der Waals surface area contributed by atoms with Crippen LogP contribution in [0.5, 0.6) is 0 Å². The molecule has 2 heterocycles. The number of nitrogens with zero attached hydrogens (tertiary/aromatic N) is 4. The number of anilines is 1. The van der Waals surface area contributed by atoms with E-state index in [9.17, 15) is 0 Å². The van der Waals surface area contributed by atoms with E-state index in [4.69, 9.17) is 4.52 Å². The molecule has 124 valence electrons. The number of aryl methyl sites for hydroxylation is 1. The number of benzene rings is 1. The fraction of sp³-hybridized carbons (Fsp3) is 0.556. The molecule has 1 atom stereocenters. The molecule has 0 N–H and O–H groups in total. The van der Waals surface area contributed by atoms with Gasteiger partial charge in [0.15, 0.2) is 0 Å². The number of aromatic nitrogens is 2. The van der Waals surface area contributed by atoms with Gasteiger partial charge in [-0.05, 0) is 36.0 Å². The molecule has 1 aromatic heterocycles. The normalized spacial score (nSPS) is 18.4. The summed E-state index contributed by atoms with van der Waals surface area (Å²) in [4.78, 5) is 9.12. The third kappa shape index (κ3) is 4.32. The molecule has 0 bridgehead atoms. The molecule has 1 aliphatic rings. The van der Waals surface area contributed by atoms with E-state index in [1.54, 1.807) is 0 Å². The van der Waals surface area contributed by atoms with Gasteiger partial charge in [-0.3, -0.25) is 4.90 Å². The van der Waals surface area contributed by atoms with Gasteiger partial charge in [0.25, 0.3) is 5.95 Å². The topological polar surface area (TPSA) is 45.4 Å². The van der Waals surface area contributed by atoms with Gasteiger partial charge in [-0.1, -0.05) is 37.3 Å². The van der Waals surface area contributed by atoms with Gasteiger partial charge >= 0.3 is 0 Å². The summed E-state index contributed by atoms with van der Waals surface area (Å²) in [5.74, 6) is 2.12. The Morgan fingerprint density at radius 2 is 2.13 bits per heavy atom. The molecule has 1 aromatic carbocycles. The lowest BCUT2D eigenvalue weighted by atomic mass is 10.1. The molecule has 0 saturated carbocycles. The Bertz CT molecular complexity index is 598. The van der Waals surface area contributed by atoms with Crippen molar-refractivity contribution in [2.45, 2.75) is 32.7 Å². The quantitative estimate of drug-likeness (QED) is 0.786. The summed E-state index contributed by atoms with van der Waals surface area (Å²) in [6.45, 7) is 6.45. The van der Waals surface area contributed by atoms with Gasteiger partial charge in [0.1, 0.15) is 0 Å². The summed E-state index contributed by atoms with van der Waals surface area (Å²) < 4.78 is 5.28. The predicted molar refractivity (Wildman–Crippen MR) is 91.4 cm³/mol. The van der Waals surface area contributed by atoms with Crippen molar-refractivity contribution in [1.82, 2.24) is 15.0 Å². The minimum atomic E-state index is 0.664. The van der Waals surface area contributed by atoms with Crippen LogP contribution in [0.15, 0.2) is 34.9 Å². The Morgan fingerprint density at radius 3 is 2.91 bits per heavy atom. The van der Waals surface area contributed by atoms with E-state index in [0.29, 0.717) is 5.92 Å². The van der Waals surface area contributed by atoms with E-state index < -0.39 is 0 Å². The second-order valence-corrected chi connectivity index (χ2v) is 6.49. The molecule has 23 heavy (non-hydrogen) atoms. The van der Waals surface area contributed by atoms with Gasteiger partial charge in [-0.15, -0.1) is 0 Å². The standard InChI is InChI=1S/C18H26N4O/c1-3-7-17-19-18(20-23-17)21(2)12-16-10-11-22(14-16)13-15-8-5-4-6-9-15/h4-6,8-9,16H,3,7,10-14H2,1-2H3/t16-/m1/s1. The number of hydrogen-bond acceptors (Lipinski definition) is 5. The zero-order valence-electron chi connectivity index (χ0n) is 14.1. The highest BCUT2D eigenvalue weighted by Gasteiger charge is 2.24. The Hall–Kier alpha value is -1.88. The van der Waals surface area contributed by atoms with Crippen molar-refractivity contribution < 1.29 is 4.52 Å². The second kappa shape index (κ2) is 7.59. The van der Waals surface area contributed by atoms with Crippen LogP contribution < -0.4 is 4.90 Å². The van der Waals surface area contributed by atoms with Gasteiger partial charge in [-0.2, -0.15) is 4.98 Å². The number of likely N-dealkylation sites (tertiary alicyclic amines) is 1. The van der Waals surface area contributed by atoms with Crippen molar-refractivity contribution in [2.75, 3.05) is 31.6 Å². The van der Waals surface area contributed by atoms with Crippen LogP contribution in [0.4, 0.5) is 5.95 Å². The van der Waals surface area contributed by atoms with Crippen molar-refractivity contribution >= 4 is 5.95 Å². The highest BCUT2D eigenvalue weighted by Crippen LogP contribution is 2.21. The van der Waals surface area contributed by atoms with E-state index in [0.717, 1.165) is 44.3 Å². The third-order valence-electron chi connectivity index (χ3n) is 4.41. The Kier molecular flexibility index (Phi) is 5.28. The van der Waals surface area contributed by atoms with Gasteiger partial charge in [-0.25, -0.2) is 0 Å². The van der Waals surface area contributed by atoms with Gasteiger partial charge in [0.2, 0.25) is 5.89 Å². The second-order valence-electron chi connectivity index (χ2n) is 6.49. The molecule has 1 aliphatic heterocycles. The first kappa shape index (κ1) is 16.0. The van der Waals surface area contributed by atoms with Crippen LogP contribution in [0.2, 0.25) is 0 Å². The minimum absolute atomic E-state index is 0.664. The van der Waals surface area contributed by atoms with E-state index in [2.05, 4.69) is 64.2 Å². The third-order valence-corrected chi connectivity index (χ3v) is 4.41. The lowest BCUT2D eigenvalue weighted by Crippen LogP contribution is -2.28. The smallest absolute Gasteiger partial charge is 0.265 e. The maximum Gasteiger partial charge on any atom is 0.265 e. The van der Waals surface area contributed by atoms with Gasteiger partial charge in [0.05, 0.1) is 0 Å². The van der Waals surface area contributed by atoms with Gasteiger partial charge < -0.3 is 9.42 Å². The van der Waals surface area contributed by atoms with Crippen LogP contribution in [-0.4, -0.2) is 41.7 Å². The summed E-state index contributed by atoms with van der Waals surface area (Å²) in [6, 6.07) is 10.7. The molecule has 5 heteroatoms. The van der Waals surface area contributed by atoms with Crippen molar-refractivity contribution in [3.63, 3.8) is 0 Å². The van der Waals surface area contributed by atoms with Gasteiger partial charge in [0, 0.05) is 33.1 Å². The molecule has 0 radical (unpaired) electrons. The lowest BCUT2D eigenvalue weighted by Gasteiger charge is -2.20. The monoisotopic (exact) mass is 314 g/mol. The molecule has 3 rings (SSSR count). The first-order valence-corrected chi connectivity index (χ1v) is 8.54. The van der Waals surface area contributed by atoms with Crippen LogP contribution >= 0.6 is 0 Å². The Balaban J connectivity index is 1.49. The maximum absolute atomic E-state index is 5.28. The molecule has 1 saturated heterocycles. The summed E-state index contributed by atoms with van der Waals surface area (Å²) in [7, 11) is 2.06. The molecule has 0 amide bonds. The van der Waals surface area contributed by atoms with Crippen molar-refractivity contribution in [3.8, 4) is 0 Å². The molecule has 5 nitrogen and oxygen atoms in total. The fourth-order valence-corrected chi connectivity index (χ4v) is 3.23. The summed E-state index contributed by atoms with van der Waals surface area (Å²) in [5.41, 5.74) is 1.39. The van der Waals surface area contributed by atoms with Crippen LogP contribution in [0, 0.1) is 5.92 Å². The first-order chi connectivity index (χ1) is 11.2. The zero-order chi connectivity index (χ0) is 16.1. The van der Waals surface area contributed by atoms with Crippen molar-refractivity contribution in [3.05, 3.63) is 41.8 Å². The van der Waals surface area contributed by atoms with E-state index in [1.165, 1.54) is 18.5 Å². The Labute approximate surface area is 138 Å². The molecule has 0 aliphatic carbocycles. The molecular weight excluding hydrogens is 288 g/mol. The molecular formula is C18H26N4O. The lowest BCUT2D eigenvalue weighted by molar-refractivity contribution is 0.317. The zero-order valence-corrected chi connectivity index (χ0v) is 14.1. The van der Waals surface area contributed by atoms with Crippen molar-refractivity contribution in [1.29, 1.82) is 0 Å². The molecule has 0 unspecified atom stereocenters. The van der Waals surface area contributed by atoms with Crippen LogP contribution in [-0.2, 0) is 13.0 Å². The maximum atomic E-state index is 5.28. The number of hydrogen-bond donors (Lipinski definition) is 0. The summed E-state index contributed by atoms with van der Waals surface area (Å²) >= 11 is 0. The van der Waals surface area contributed by atoms with E-state index in [-0.39, 0.29) is 0 Å². The fourth-order valence-electron chi connectivity index (χ4n) is 3.23. The molecule has 2 aromatic rings. The predicted octanol–water partition coefficient (Wildman–Crippen LogP) is 2.98. The van der Waals surface area contributed by atoms with Crippen LogP contribution in [0.3, 0.4) is 0 Å². The van der Waals surface area contributed by atoms with Crippen molar-refractivity contribution in [2.24, 2.45) is 5.92 Å². The largest absolute Gasteiger partial charge is 0.341 e. The molecule has 1 fully saturated rings. The average Bonchev–Trinajstić information content (AvgIpc) is 3.18. The SMILES string of the molecule is CCCc1nc(N(C)C[C@H]2CCN(Cc3ccccc3)C2)no1. The van der Waals surface area contributed by atoms with E-state index in [1.807, 2.05) is 0 Å². The molecule has 0 spiro atoms. The average molecular weight is 314 g/mol. The van der Waals surface area contributed by atoms with E-state index >= 15 is 0 Å². The first-order valence-electron chi connectivity index (χ1n) is 8.54. The number of rotatable bonds is 7. The Morgan fingerprint density at radius 1 is 1.30 bits per heavy atom. The summed E-state index contributed by atoms with van der Waals surface area (Å²) in [6.07, 6.45) is 3.12. The highest BCUT2D eigenvalue weighted by atomic mass is 16.5. The minimum Gasteiger partial charge on any atom is -0.341 e. The highest BCUT2D eigenvalue weighted by molar-refractivity contribution is 5.26. The summed E-state index contributed by atoms with van der Waals surface area (Å²) in [5, 5.41) is 4.09.